The van der Waals surface area contributed by atoms with Crippen molar-refractivity contribution in [1.29, 1.82) is 0 Å². The highest BCUT2D eigenvalue weighted by atomic mass is 16.7. The summed E-state index contributed by atoms with van der Waals surface area (Å²) in [7, 11) is 1.45. The summed E-state index contributed by atoms with van der Waals surface area (Å²) in [6.45, 7) is 15.3. The number of rotatable bonds is 16. The molecule has 0 saturated carbocycles. The number of carbonyl (C=O) groups is 4. The van der Waals surface area contributed by atoms with E-state index in [2.05, 4.69) is 67.5 Å². The zero-order valence-electron chi connectivity index (χ0n) is 32.8. The maximum atomic E-state index is 11.2. The predicted octanol–water partition coefficient (Wildman–Crippen LogP) is 6.42. The third kappa shape index (κ3) is 10.8. The molecule has 0 unspecified atom stereocenters. The number of hydrogen-bond donors (Lipinski definition) is 3. The van der Waals surface area contributed by atoms with Crippen LogP contribution < -0.4 is 11.1 Å². The van der Waals surface area contributed by atoms with Gasteiger partial charge in [0.05, 0.1) is 17.5 Å². The molecule has 5 rings (SSSR count). The quantitative estimate of drug-likeness (QED) is 0.0856. The average molecular weight is 745 g/mol. The van der Waals surface area contributed by atoms with Gasteiger partial charge in [0.1, 0.15) is 17.1 Å². The van der Waals surface area contributed by atoms with Crippen molar-refractivity contribution < 1.29 is 33.9 Å². The van der Waals surface area contributed by atoms with Crippen LogP contribution in [-0.4, -0.2) is 68.7 Å². The molecule has 292 valence electrons. The van der Waals surface area contributed by atoms with Gasteiger partial charge in [-0.05, 0) is 66.3 Å². The van der Waals surface area contributed by atoms with Gasteiger partial charge >= 0.3 is 5.97 Å². The Balaban J connectivity index is 0.000000340. The maximum Gasteiger partial charge on any atom is 0.333 e. The number of aromatic hydroxyl groups is 1. The van der Waals surface area contributed by atoms with E-state index in [0.717, 1.165) is 84.2 Å². The van der Waals surface area contributed by atoms with E-state index in [1.54, 1.807) is 6.07 Å². The summed E-state index contributed by atoms with van der Waals surface area (Å²) in [6, 6.07) is 12.4. The Morgan fingerprint density at radius 3 is 2.41 bits per heavy atom. The fourth-order valence-corrected chi connectivity index (χ4v) is 6.11. The number of imide groups is 1. The van der Waals surface area contributed by atoms with Crippen LogP contribution in [0, 0.1) is 12.8 Å². The number of hydroxylamine groups is 2. The number of benzene rings is 2. The van der Waals surface area contributed by atoms with Crippen LogP contribution in [0.1, 0.15) is 109 Å². The molecule has 1 saturated heterocycles. The highest BCUT2D eigenvalue weighted by molar-refractivity contribution is 6.07. The minimum Gasteiger partial charge on any atom is -0.508 e. The molecule has 13 nitrogen and oxygen atoms in total. The lowest BCUT2D eigenvalue weighted by molar-refractivity contribution is -0.197. The molecule has 3 heterocycles. The number of hydrogen-bond acceptors (Lipinski definition) is 10. The number of pyridine rings is 1. The van der Waals surface area contributed by atoms with Crippen molar-refractivity contribution in [2.75, 3.05) is 26.0 Å². The molecule has 2 aromatic heterocycles. The largest absolute Gasteiger partial charge is 0.508 e. The Labute approximate surface area is 317 Å². The number of amides is 3. The Bertz CT molecular complexity index is 1950. The first-order valence-corrected chi connectivity index (χ1v) is 18.9. The molecule has 0 radical (unpaired) electrons. The standard InChI is InChI=1S/C32H44N4O2.C9H12N2O5/c1-7-8-9-28-35-29-30(36(28)20-23-10-13-27(37)22(4)18-23)25-12-11-24(19-26(25)34-31(29)33)32(5,6)15-17-38-16-14-21(2)3;1-10-6(12)2-5-9(15)16-11-7(13)3-4-8(11)14/h10-13,18-19,21,37H,7-9,14-17,20H2,1-6H3,(H2,33,34);2-5H2,1H3,(H,10,12). The minimum atomic E-state index is -0.771. The van der Waals surface area contributed by atoms with Crippen molar-refractivity contribution in [2.45, 2.75) is 111 Å². The van der Waals surface area contributed by atoms with Crippen molar-refractivity contribution in [2.24, 2.45) is 5.92 Å². The lowest BCUT2D eigenvalue weighted by atomic mass is 9.81. The summed E-state index contributed by atoms with van der Waals surface area (Å²) >= 11 is 0. The normalized spacial score (nSPS) is 13.1. The summed E-state index contributed by atoms with van der Waals surface area (Å²) in [4.78, 5) is 58.4. The highest BCUT2D eigenvalue weighted by Crippen LogP contribution is 2.34. The van der Waals surface area contributed by atoms with Crippen molar-refractivity contribution in [3.63, 3.8) is 0 Å². The van der Waals surface area contributed by atoms with E-state index in [9.17, 15) is 24.3 Å². The highest BCUT2D eigenvalue weighted by Gasteiger charge is 2.32. The van der Waals surface area contributed by atoms with Gasteiger partial charge in [0.2, 0.25) is 5.91 Å². The van der Waals surface area contributed by atoms with Gasteiger partial charge in [-0.2, -0.15) is 0 Å². The van der Waals surface area contributed by atoms with E-state index >= 15 is 0 Å². The first-order valence-electron chi connectivity index (χ1n) is 18.9. The van der Waals surface area contributed by atoms with E-state index in [4.69, 9.17) is 20.4 Å². The summed E-state index contributed by atoms with van der Waals surface area (Å²) in [5.74, 6) is 0.329. The molecule has 0 spiro atoms. The van der Waals surface area contributed by atoms with Gasteiger partial charge in [-0.15, -0.1) is 5.06 Å². The Morgan fingerprint density at radius 1 is 1.04 bits per heavy atom. The first-order chi connectivity index (χ1) is 25.6. The van der Waals surface area contributed by atoms with Crippen LogP contribution in [0.15, 0.2) is 36.4 Å². The number of phenols is 1. The van der Waals surface area contributed by atoms with E-state index in [1.165, 1.54) is 12.6 Å². The van der Waals surface area contributed by atoms with Gasteiger partial charge in [-0.3, -0.25) is 14.4 Å². The Hall–Kier alpha value is -5.04. The Kier molecular flexibility index (Phi) is 14.5. The van der Waals surface area contributed by atoms with Crippen LogP contribution in [-0.2, 0) is 47.1 Å². The van der Waals surface area contributed by atoms with Crippen LogP contribution in [0.2, 0.25) is 0 Å². The summed E-state index contributed by atoms with van der Waals surface area (Å²) in [6.07, 6.45) is 4.97. The number of aryl methyl sites for hydroxylation is 2. The molecule has 4 aromatic rings. The molecule has 1 fully saturated rings. The third-order valence-electron chi connectivity index (χ3n) is 9.67. The van der Waals surface area contributed by atoms with Crippen LogP contribution in [0.5, 0.6) is 5.75 Å². The molecule has 3 amide bonds. The van der Waals surface area contributed by atoms with Crippen molar-refractivity contribution in [3.8, 4) is 5.75 Å². The number of nitrogens with two attached hydrogens (primary N) is 1. The number of unbranched alkanes of at least 4 members (excludes halogenated alkanes) is 1. The zero-order chi connectivity index (χ0) is 39.6. The number of fused-ring (bicyclic) bond motifs is 3. The summed E-state index contributed by atoms with van der Waals surface area (Å²) < 4.78 is 8.22. The molecular formula is C41H56N6O7. The van der Waals surface area contributed by atoms with Crippen LogP contribution in [0.25, 0.3) is 21.9 Å². The second-order valence-electron chi connectivity index (χ2n) is 14.9. The fourth-order valence-electron chi connectivity index (χ4n) is 6.11. The molecule has 0 aliphatic carbocycles. The van der Waals surface area contributed by atoms with Gasteiger partial charge in [0.15, 0.2) is 5.82 Å². The molecule has 4 N–H and O–H groups in total. The lowest BCUT2D eigenvalue weighted by Crippen LogP contribution is -2.32. The van der Waals surface area contributed by atoms with E-state index in [0.29, 0.717) is 29.1 Å². The van der Waals surface area contributed by atoms with Gasteiger partial charge in [-0.1, -0.05) is 65.3 Å². The molecule has 0 atom stereocenters. The van der Waals surface area contributed by atoms with Crippen molar-refractivity contribution in [3.05, 3.63) is 58.9 Å². The predicted molar refractivity (Wildman–Crippen MR) is 208 cm³/mol. The maximum absolute atomic E-state index is 11.2. The average Bonchev–Trinajstić information content (AvgIpc) is 3.65. The van der Waals surface area contributed by atoms with Gasteiger partial charge in [-0.25, -0.2) is 14.8 Å². The fraction of sp³-hybridized carbons (Fsp3) is 0.512. The molecule has 2 aromatic carbocycles. The number of carbonyl (C=O) groups excluding carboxylic acids is 4. The number of nitrogen functional groups attached to an aromatic ring is 1. The molecule has 1 aliphatic heterocycles. The number of imidazole rings is 1. The number of phenolic OH excluding ortho intramolecular Hbond substituents is 1. The number of aromatic nitrogens is 3. The molecule has 0 bridgehead atoms. The zero-order valence-corrected chi connectivity index (χ0v) is 32.8. The molecular weight excluding hydrogens is 688 g/mol. The molecule has 54 heavy (non-hydrogen) atoms. The van der Waals surface area contributed by atoms with Crippen molar-refractivity contribution >= 4 is 51.4 Å². The van der Waals surface area contributed by atoms with Crippen LogP contribution >= 0.6 is 0 Å². The van der Waals surface area contributed by atoms with E-state index < -0.39 is 17.8 Å². The topological polar surface area (TPSA) is 179 Å². The number of nitrogens with zero attached hydrogens (tertiary/aromatic N) is 4. The van der Waals surface area contributed by atoms with Crippen LogP contribution in [0.4, 0.5) is 5.82 Å². The van der Waals surface area contributed by atoms with Crippen LogP contribution in [0.3, 0.4) is 0 Å². The SMILES string of the molecule is CCCCc1nc2c(N)nc3cc(C(C)(C)CCOCCC(C)C)ccc3c2n1Cc1ccc(O)c(C)c1.CNC(=O)CCC(=O)ON1C(=O)CCC1=O. The summed E-state index contributed by atoms with van der Waals surface area (Å²) in [5, 5.41) is 13.9. The minimum absolute atomic E-state index is 0.0362. The summed E-state index contributed by atoms with van der Waals surface area (Å²) in [5.41, 5.74) is 12.4. The number of nitrogens with one attached hydrogen (secondary N) is 1. The van der Waals surface area contributed by atoms with Crippen molar-refractivity contribution in [1.82, 2.24) is 24.9 Å². The van der Waals surface area contributed by atoms with E-state index in [-0.39, 0.29) is 37.0 Å². The first kappa shape index (κ1) is 41.7. The molecule has 1 aliphatic rings. The number of anilines is 1. The van der Waals surface area contributed by atoms with Gasteiger partial charge in [0, 0.05) is 57.9 Å². The van der Waals surface area contributed by atoms with E-state index in [1.807, 2.05) is 19.1 Å². The third-order valence-corrected chi connectivity index (χ3v) is 9.67. The van der Waals surface area contributed by atoms with Gasteiger partial charge < -0.3 is 30.3 Å². The van der Waals surface area contributed by atoms with Gasteiger partial charge in [0.25, 0.3) is 11.8 Å². The smallest absolute Gasteiger partial charge is 0.333 e. The second kappa shape index (κ2) is 18.8. The lowest BCUT2D eigenvalue weighted by Gasteiger charge is -2.26. The second-order valence-corrected chi connectivity index (χ2v) is 14.9. The monoisotopic (exact) mass is 744 g/mol. The molecule has 13 heteroatoms. The Morgan fingerprint density at radius 2 is 1.76 bits per heavy atom. The number of ether oxygens (including phenoxy) is 1.